The molecule has 0 fully saturated rings. The van der Waals surface area contributed by atoms with Crippen LogP contribution < -0.4 is 30.3 Å². The lowest BCUT2D eigenvalue weighted by Gasteiger charge is -2.11. The molecule has 0 bridgehead atoms. The molecule has 0 unspecified atom stereocenters. The fraction of sp³-hybridized carbons (Fsp3) is 0.0645. The van der Waals surface area contributed by atoms with Gasteiger partial charge in [0.05, 0.1) is 37.2 Å². The molecule has 12 heteroatoms. The number of nitrogens with one attached hydrogen (secondary N) is 3. The molecule has 4 aromatic carbocycles. The maximum Gasteiger partial charge on any atom is 0.343 e. The highest BCUT2D eigenvalue weighted by molar-refractivity contribution is 9.10. The van der Waals surface area contributed by atoms with Crippen LogP contribution in [0.1, 0.15) is 26.3 Å². The van der Waals surface area contributed by atoms with E-state index in [0.717, 1.165) is 4.47 Å². The molecule has 218 valence electrons. The van der Waals surface area contributed by atoms with Crippen molar-refractivity contribution < 1.29 is 33.4 Å². The van der Waals surface area contributed by atoms with Gasteiger partial charge in [0.25, 0.3) is 5.91 Å². The molecule has 0 aliphatic heterocycles. The number of hydrogen-bond acceptors (Lipinski definition) is 8. The number of esters is 1. The monoisotopic (exact) mass is 644 g/mol. The van der Waals surface area contributed by atoms with E-state index in [1.165, 1.54) is 44.7 Å². The third-order valence-corrected chi connectivity index (χ3v) is 6.35. The third-order valence-electron chi connectivity index (χ3n) is 5.82. The second kappa shape index (κ2) is 14.4. The number of benzene rings is 4. The molecule has 0 aliphatic rings. The number of nitrogens with zero attached hydrogens (tertiary/aromatic N) is 1. The molecule has 11 nitrogen and oxygen atoms in total. The van der Waals surface area contributed by atoms with Crippen molar-refractivity contribution >= 4 is 57.2 Å². The number of halogens is 1. The predicted octanol–water partition coefficient (Wildman–Crippen LogP) is 5.03. The molecule has 3 amide bonds. The molecule has 0 atom stereocenters. The number of hydrazone groups is 1. The van der Waals surface area contributed by atoms with Crippen LogP contribution in [0.3, 0.4) is 0 Å². The summed E-state index contributed by atoms with van der Waals surface area (Å²) in [5.41, 5.74) is 3.81. The first kappa shape index (κ1) is 30.5. The minimum atomic E-state index is -1.06. The molecule has 0 heterocycles. The van der Waals surface area contributed by atoms with E-state index >= 15 is 0 Å². The molecule has 0 aromatic heterocycles. The highest BCUT2D eigenvalue weighted by Gasteiger charge is 2.18. The van der Waals surface area contributed by atoms with Gasteiger partial charge < -0.3 is 24.8 Å². The van der Waals surface area contributed by atoms with E-state index in [2.05, 4.69) is 37.1 Å². The average molecular weight is 645 g/mol. The number of anilines is 2. The Labute approximate surface area is 255 Å². The summed E-state index contributed by atoms with van der Waals surface area (Å²) in [7, 11) is 2.93. The highest BCUT2D eigenvalue weighted by Crippen LogP contribution is 2.28. The number of carbonyl (C=O) groups is 4. The van der Waals surface area contributed by atoms with E-state index in [0.29, 0.717) is 22.6 Å². The van der Waals surface area contributed by atoms with E-state index in [-0.39, 0.29) is 22.7 Å². The van der Waals surface area contributed by atoms with Crippen molar-refractivity contribution in [1.29, 1.82) is 0 Å². The van der Waals surface area contributed by atoms with Gasteiger partial charge in [0.1, 0.15) is 5.75 Å². The number of rotatable bonds is 9. The summed E-state index contributed by atoms with van der Waals surface area (Å²) in [5.74, 6) is -2.13. The molecule has 43 heavy (non-hydrogen) atoms. The maximum absolute atomic E-state index is 12.8. The molecular weight excluding hydrogens is 620 g/mol. The second-order valence-corrected chi connectivity index (χ2v) is 9.60. The zero-order valence-corrected chi connectivity index (χ0v) is 24.5. The van der Waals surface area contributed by atoms with Crippen LogP contribution in [0.15, 0.2) is 101 Å². The van der Waals surface area contributed by atoms with Crippen LogP contribution in [0.2, 0.25) is 0 Å². The van der Waals surface area contributed by atoms with Gasteiger partial charge in [-0.1, -0.05) is 28.1 Å². The van der Waals surface area contributed by atoms with Gasteiger partial charge in [-0.15, -0.1) is 0 Å². The largest absolute Gasteiger partial charge is 0.497 e. The second-order valence-electron chi connectivity index (χ2n) is 8.69. The van der Waals surface area contributed by atoms with Crippen LogP contribution in [-0.4, -0.2) is 44.1 Å². The fourth-order valence-corrected chi connectivity index (χ4v) is 3.92. The van der Waals surface area contributed by atoms with Gasteiger partial charge in [-0.2, -0.15) is 5.10 Å². The van der Waals surface area contributed by atoms with E-state index in [1.807, 2.05) is 0 Å². The van der Waals surface area contributed by atoms with Gasteiger partial charge in [-0.25, -0.2) is 10.2 Å². The number of ether oxygens (including phenoxy) is 3. The van der Waals surface area contributed by atoms with Crippen LogP contribution in [0, 0.1) is 0 Å². The molecule has 0 spiro atoms. The van der Waals surface area contributed by atoms with Gasteiger partial charge in [0.15, 0.2) is 11.5 Å². The highest BCUT2D eigenvalue weighted by atomic mass is 79.9. The minimum absolute atomic E-state index is 0.144. The van der Waals surface area contributed by atoms with E-state index in [4.69, 9.17) is 14.2 Å². The number of carbonyl (C=O) groups excluding carboxylic acids is 4. The molecule has 0 saturated carbocycles. The van der Waals surface area contributed by atoms with Crippen LogP contribution >= 0.6 is 15.9 Å². The molecule has 4 rings (SSSR count). The zero-order chi connectivity index (χ0) is 30.8. The van der Waals surface area contributed by atoms with Gasteiger partial charge in [0, 0.05) is 10.2 Å². The summed E-state index contributed by atoms with van der Waals surface area (Å²) in [6.45, 7) is 0. The lowest BCUT2D eigenvalue weighted by Crippen LogP contribution is -2.33. The predicted molar refractivity (Wildman–Crippen MR) is 164 cm³/mol. The van der Waals surface area contributed by atoms with Gasteiger partial charge >= 0.3 is 17.8 Å². The normalized spacial score (nSPS) is 10.5. The molecule has 0 radical (unpaired) electrons. The average Bonchev–Trinajstić information content (AvgIpc) is 3.02. The van der Waals surface area contributed by atoms with Gasteiger partial charge in [-0.05, 0) is 84.4 Å². The lowest BCUT2D eigenvalue weighted by atomic mass is 10.1. The van der Waals surface area contributed by atoms with Crippen molar-refractivity contribution in [1.82, 2.24) is 5.43 Å². The van der Waals surface area contributed by atoms with Crippen LogP contribution in [0.5, 0.6) is 17.2 Å². The third kappa shape index (κ3) is 8.27. The summed E-state index contributed by atoms with van der Waals surface area (Å²) in [6.07, 6.45) is 1.28. The van der Waals surface area contributed by atoms with Crippen molar-refractivity contribution in [3.05, 3.63) is 112 Å². The number of hydrogen-bond donors (Lipinski definition) is 3. The SMILES string of the molecule is COc1ccc(C(=O)Oc2ccc(/C=N\NC(=O)C(=O)Nc3ccccc3C(=O)Nc3ccc(Br)cc3)cc2OC)cc1. The van der Waals surface area contributed by atoms with E-state index < -0.39 is 23.7 Å². The van der Waals surface area contributed by atoms with Gasteiger partial charge in [-0.3, -0.25) is 14.4 Å². The first-order chi connectivity index (χ1) is 20.8. The molecule has 0 aliphatic carbocycles. The lowest BCUT2D eigenvalue weighted by molar-refractivity contribution is -0.136. The number of methoxy groups -OCH3 is 2. The molecular formula is C31H25BrN4O7. The van der Waals surface area contributed by atoms with E-state index in [1.54, 1.807) is 66.7 Å². The molecule has 3 N–H and O–H groups in total. The Balaban J connectivity index is 1.35. The first-order valence-electron chi connectivity index (χ1n) is 12.6. The summed E-state index contributed by atoms with van der Waals surface area (Å²) in [6, 6.07) is 24.3. The van der Waals surface area contributed by atoms with Crippen molar-refractivity contribution in [3.63, 3.8) is 0 Å². The molecule has 4 aromatic rings. The number of amides is 3. The quantitative estimate of drug-likeness (QED) is 0.0762. The fourth-order valence-electron chi connectivity index (χ4n) is 3.65. The van der Waals surface area contributed by atoms with Crippen molar-refractivity contribution in [3.8, 4) is 17.2 Å². The zero-order valence-electron chi connectivity index (χ0n) is 22.9. The Morgan fingerprint density at radius 1 is 0.767 bits per heavy atom. The first-order valence-corrected chi connectivity index (χ1v) is 13.4. The summed E-state index contributed by atoms with van der Waals surface area (Å²) >= 11 is 3.33. The minimum Gasteiger partial charge on any atom is -0.497 e. The maximum atomic E-state index is 12.8. The van der Waals surface area contributed by atoms with Crippen molar-refractivity contribution in [2.45, 2.75) is 0 Å². The Bertz CT molecular complexity index is 1670. The van der Waals surface area contributed by atoms with Crippen LogP contribution in [0.25, 0.3) is 0 Å². The molecule has 0 saturated heterocycles. The summed E-state index contributed by atoms with van der Waals surface area (Å²) < 4.78 is 16.7. The smallest absolute Gasteiger partial charge is 0.343 e. The Morgan fingerprint density at radius 3 is 2.19 bits per heavy atom. The standard InChI is InChI=1S/C31H25BrN4O7/c1-41-23-14-8-20(9-15-23)31(40)43-26-16-7-19(17-27(26)42-2)18-33-36-30(39)29(38)35-25-6-4-3-5-24(25)28(37)34-22-12-10-21(32)11-13-22/h3-18H,1-2H3,(H,34,37)(H,35,38)(H,36,39)/b33-18-. The van der Waals surface area contributed by atoms with E-state index in [9.17, 15) is 19.2 Å². The van der Waals surface area contributed by atoms with Crippen molar-refractivity contribution in [2.24, 2.45) is 5.10 Å². The Morgan fingerprint density at radius 2 is 1.49 bits per heavy atom. The summed E-state index contributed by atoms with van der Waals surface area (Å²) in [4.78, 5) is 50.2. The van der Waals surface area contributed by atoms with Crippen LogP contribution in [-0.2, 0) is 9.59 Å². The summed E-state index contributed by atoms with van der Waals surface area (Å²) in [5, 5.41) is 8.98. The Hall–Kier alpha value is -5.49. The topological polar surface area (TPSA) is 144 Å². The van der Waals surface area contributed by atoms with Crippen molar-refractivity contribution in [2.75, 3.05) is 24.9 Å². The number of para-hydroxylation sites is 1. The van der Waals surface area contributed by atoms with Gasteiger partial charge in [0.2, 0.25) is 0 Å². The Kier molecular flexibility index (Phi) is 10.2. The van der Waals surface area contributed by atoms with Crippen LogP contribution in [0.4, 0.5) is 11.4 Å².